The van der Waals surface area contributed by atoms with Crippen molar-refractivity contribution in [1.29, 1.82) is 0 Å². The molecule has 3 rings (SSSR count). The minimum absolute atomic E-state index is 0.0229. The first-order chi connectivity index (χ1) is 15.5. The van der Waals surface area contributed by atoms with Crippen molar-refractivity contribution in [2.24, 2.45) is 0 Å². The Morgan fingerprint density at radius 1 is 1.22 bits per heavy atom. The Bertz CT molecular complexity index is 1030. The highest BCUT2D eigenvalue weighted by Crippen LogP contribution is 2.22. The molecular formula is C24H29ClN4O2S. The molecule has 0 saturated carbocycles. The maximum atomic E-state index is 12.4. The third-order valence-electron chi connectivity index (χ3n) is 5.06. The van der Waals surface area contributed by atoms with Crippen molar-refractivity contribution in [3.63, 3.8) is 0 Å². The highest BCUT2D eigenvalue weighted by atomic mass is 35.5. The maximum absolute atomic E-state index is 12.4. The molecule has 0 fully saturated rings. The van der Waals surface area contributed by atoms with Gasteiger partial charge in [-0.3, -0.25) is 4.79 Å². The van der Waals surface area contributed by atoms with Crippen LogP contribution < -0.4 is 10.1 Å². The fourth-order valence-corrected chi connectivity index (χ4v) is 4.41. The molecule has 0 radical (unpaired) electrons. The normalized spacial score (nSPS) is 11.9. The molecule has 32 heavy (non-hydrogen) atoms. The Labute approximate surface area is 198 Å². The topological polar surface area (TPSA) is 69.0 Å². The summed E-state index contributed by atoms with van der Waals surface area (Å²) in [5.74, 6) is 2.03. The molecule has 1 unspecified atom stereocenters. The van der Waals surface area contributed by atoms with Gasteiger partial charge < -0.3 is 14.6 Å². The van der Waals surface area contributed by atoms with Gasteiger partial charge in [0.1, 0.15) is 11.6 Å². The molecule has 2 aromatic carbocycles. The van der Waals surface area contributed by atoms with Gasteiger partial charge in [-0.05, 0) is 56.5 Å². The van der Waals surface area contributed by atoms with Gasteiger partial charge in [-0.15, -0.1) is 10.2 Å². The molecule has 0 bridgehead atoms. The van der Waals surface area contributed by atoms with Crippen molar-refractivity contribution in [2.75, 3.05) is 12.4 Å². The fraction of sp³-hybridized carbons (Fsp3) is 0.375. The van der Waals surface area contributed by atoms with Gasteiger partial charge in [0.15, 0.2) is 5.16 Å². The van der Waals surface area contributed by atoms with E-state index in [1.807, 2.05) is 62.4 Å². The monoisotopic (exact) mass is 472 g/mol. The van der Waals surface area contributed by atoms with Crippen LogP contribution in [0.1, 0.15) is 43.3 Å². The van der Waals surface area contributed by atoms with E-state index in [0.29, 0.717) is 17.4 Å². The van der Waals surface area contributed by atoms with Crippen LogP contribution in [0.15, 0.2) is 53.7 Å². The Morgan fingerprint density at radius 2 is 2.00 bits per heavy atom. The first-order valence-corrected chi connectivity index (χ1v) is 12.1. The molecule has 0 aliphatic rings. The van der Waals surface area contributed by atoms with Gasteiger partial charge in [0.25, 0.3) is 0 Å². The van der Waals surface area contributed by atoms with E-state index in [2.05, 4.69) is 27.0 Å². The van der Waals surface area contributed by atoms with Crippen LogP contribution in [-0.4, -0.2) is 33.0 Å². The lowest BCUT2D eigenvalue weighted by Gasteiger charge is -2.14. The quantitative estimate of drug-likeness (QED) is 0.305. The molecule has 8 heteroatoms. The SMILES string of the molecule is CCn1c(CCCOc2ccc(Cl)cc2C)nnc1SCC(=O)NC(C)c1ccccc1. The average molecular weight is 473 g/mol. The number of aryl methyl sites for hydroxylation is 2. The number of ether oxygens (including phenoxy) is 1. The van der Waals surface area contributed by atoms with E-state index < -0.39 is 0 Å². The second-order valence-electron chi connectivity index (χ2n) is 7.49. The van der Waals surface area contributed by atoms with Crippen LogP contribution in [0.3, 0.4) is 0 Å². The molecule has 170 valence electrons. The van der Waals surface area contributed by atoms with E-state index in [1.165, 1.54) is 11.8 Å². The van der Waals surface area contributed by atoms with E-state index in [9.17, 15) is 4.79 Å². The Kier molecular flexibility index (Phi) is 9.00. The number of halogens is 1. The summed E-state index contributed by atoms with van der Waals surface area (Å²) in [6.07, 6.45) is 1.57. The van der Waals surface area contributed by atoms with Crippen LogP contribution in [0.25, 0.3) is 0 Å². The summed E-state index contributed by atoms with van der Waals surface area (Å²) in [5.41, 5.74) is 2.11. The highest BCUT2D eigenvalue weighted by molar-refractivity contribution is 7.99. The van der Waals surface area contributed by atoms with E-state index in [0.717, 1.165) is 47.2 Å². The van der Waals surface area contributed by atoms with Gasteiger partial charge in [-0.2, -0.15) is 0 Å². The molecule has 0 aliphatic heterocycles. The van der Waals surface area contributed by atoms with Crippen LogP contribution in [0.2, 0.25) is 5.02 Å². The molecular weight excluding hydrogens is 444 g/mol. The number of nitrogens with one attached hydrogen (secondary N) is 1. The molecule has 6 nitrogen and oxygen atoms in total. The number of hydrogen-bond donors (Lipinski definition) is 1. The molecule has 1 N–H and O–H groups in total. The smallest absolute Gasteiger partial charge is 0.230 e. The standard InChI is InChI=1S/C24H29ClN4O2S/c1-4-29-22(11-8-14-31-21-13-12-20(25)15-17(21)2)27-28-24(29)32-16-23(30)26-18(3)19-9-6-5-7-10-19/h5-7,9-10,12-13,15,18H,4,8,11,14,16H2,1-3H3,(H,26,30). The summed E-state index contributed by atoms with van der Waals surface area (Å²) in [6.45, 7) is 7.36. The van der Waals surface area contributed by atoms with Gasteiger partial charge in [0.2, 0.25) is 5.91 Å². The molecule has 1 heterocycles. The second-order valence-corrected chi connectivity index (χ2v) is 8.87. The second kappa shape index (κ2) is 11.9. The number of amides is 1. The first kappa shape index (κ1) is 24.1. The van der Waals surface area contributed by atoms with Gasteiger partial charge in [0, 0.05) is 18.0 Å². The maximum Gasteiger partial charge on any atom is 0.230 e. The summed E-state index contributed by atoms with van der Waals surface area (Å²) in [7, 11) is 0. The van der Waals surface area contributed by atoms with Crippen LogP contribution in [0.5, 0.6) is 5.75 Å². The van der Waals surface area contributed by atoms with E-state index >= 15 is 0 Å². The Hall–Kier alpha value is -2.51. The summed E-state index contributed by atoms with van der Waals surface area (Å²) in [5, 5.41) is 13.1. The van der Waals surface area contributed by atoms with Crippen molar-refractivity contribution < 1.29 is 9.53 Å². The summed E-state index contributed by atoms with van der Waals surface area (Å²) < 4.78 is 7.93. The molecule has 0 saturated heterocycles. The number of carbonyl (C=O) groups is 1. The number of aromatic nitrogens is 3. The largest absolute Gasteiger partial charge is 0.493 e. The number of hydrogen-bond acceptors (Lipinski definition) is 5. The summed E-state index contributed by atoms with van der Waals surface area (Å²) in [4.78, 5) is 12.4. The number of carbonyl (C=O) groups excluding carboxylic acids is 1. The van der Waals surface area contributed by atoms with Gasteiger partial charge in [-0.25, -0.2) is 0 Å². The number of benzene rings is 2. The number of rotatable bonds is 11. The van der Waals surface area contributed by atoms with E-state index in [4.69, 9.17) is 16.3 Å². The van der Waals surface area contributed by atoms with Crippen LogP contribution in [0, 0.1) is 6.92 Å². The van der Waals surface area contributed by atoms with Gasteiger partial charge >= 0.3 is 0 Å². The first-order valence-electron chi connectivity index (χ1n) is 10.8. The summed E-state index contributed by atoms with van der Waals surface area (Å²) >= 11 is 7.40. The van der Waals surface area contributed by atoms with Crippen molar-refractivity contribution in [1.82, 2.24) is 20.1 Å². The van der Waals surface area contributed by atoms with E-state index in [1.54, 1.807) is 0 Å². The predicted molar refractivity (Wildman–Crippen MR) is 129 cm³/mol. The summed E-state index contributed by atoms with van der Waals surface area (Å²) in [6, 6.07) is 15.5. The molecule has 1 amide bonds. The minimum atomic E-state index is -0.0341. The molecule has 1 atom stereocenters. The number of nitrogens with zero attached hydrogens (tertiary/aromatic N) is 3. The lowest BCUT2D eigenvalue weighted by atomic mass is 10.1. The third-order valence-corrected chi connectivity index (χ3v) is 6.26. The highest BCUT2D eigenvalue weighted by Gasteiger charge is 2.15. The van der Waals surface area contributed by atoms with Crippen molar-refractivity contribution >= 4 is 29.3 Å². The Balaban J connectivity index is 1.47. The lowest BCUT2D eigenvalue weighted by molar-refractivity contribution is -0.119. The van der Waals surface area contributed by atoms with E-state index in [-0.39, 0.29) is 11.9 Å². The zero-order valence-corrected chi connectivity index (χ0v) is 20.2. The predicted octanol–water partition coefficient (Wildman–Crippen LogP) is 5.24. The molecule has 0 spiro atoms. The molecule has 1 aromatic heterocycles. The molecule has 0 aliphatic carbocycles. The third kappa shape index (κ3) is 6.74. The van der Waals surface area contributed by atoms with Gasteiger partial charge in [-0.1, -0.05) is 53.7 Å². The van der Waals surface area contributed by atoms with Crippen LogP contribution >= 0.6 is 23.4 Å². The average Bonchev–Trinajstić information content (AvgIpc) is 3.18. The zero-order chi connectivity index (χ0) is 22.9. The van der Waals surface area contributed by atoms with Crippen molar-refractivity contribution in [3.8, 4) is 5.75 Å². The van der Waals surface area contributed by atoms with Crippen LogP contribution in [0.4, 0.5) is 0 Å². The fourth-order valence-electron chi connectivity index (χ4n) is 3.35. The van der Waals surface area contributed by atoms with Gasteiger partial charge in [0.05, 0.1) is 18.4 Å². The van der Waals surface area contributed by atoms with Crippen LogP contribution in [-0.2, 0) is 17.8 Å². The van der Waals surface area contributed by atoms with Crippen molar-refractivity contribution in [2.45, 2.75) is 51.4 Å². The molecule has 3 aromatic rings. The zero-order valence-electron chi connectivity index (χ0n) is 18.7. The Morgan fingerprint density at radius 3 is 2.72 bits per heavy atom. The van der Waals surface area contributed by atoms with Crippen molar-refractivity contribution in [3.05, 3.63) is 70.5 Å². The lowest BCUT2D eigenvalue weighted by Crippen LogP contribution is -2.28. The minimum Gasteiger partial charge on any atom is -0.493 e. The number of thioether (sulfide) groups is 1.